The van der Waals surface area contributed by atoms with E-state index in [0.717, 1.165) is 24.8 Å². The van der Waals surface area contributed by atoms with Gasteiger partial charge in [-0.1, -0.05) is 120 Å². The summed E-state index contributed by atoms with van der Waals surface area (Å²) in [5.74, 6) is 0. The topological polar surface area (TPSA) is 59.0 Å². The van der Waals surface area contributed by atoms with Gasteiger partial charge in [-0.25, -0.2) is 4.79 Å². The van der Waals surface area contributed by atoms with Gasteiger partial charge in [-0.15, -0.1) is 0 Å². The summed E-state index contributed by atoms with van der Waals surface area (Å²) < 4.78 is 11.4. The first-order valence-corrected chi connectivity index (χ1v) is 13.4. The number of amides is 1. The molecule has 0 aromatic heterocycles. The van der Waals surface area contributed by atoms with Gasteiger partial charge in [0.2, 0.25) is 0 Å². The van der Waals surface area contributed by atoms with Crippen LogP contribution in [0.25, 0.3) is 0 Å². The van der Waals surface area contributed by atoms with E-state index in [1.165, 1.54) is 57.8 Å². The molecule has 5 nitrogen and oxygen atoms in total. The van der Waals surface area contributed by atoms with Crippen LogP contribution < -0.4 is 0 Å². The third kappa shape index (κ3) is 10.6. The number of aliphatic hydroxyl groups excluding tert-OH is 1. The van der Waals surface area contributed by atoms with E-state index in [0.29, 0.717) is 6.61 Å². The fourth-order valence-electron chi connectivity index (χ4n) is 4.49. The highest BCUT2D eigenvalue weighted by molar-refractivity contribution is 5.69. The lowest BCUT2D eigenvalue weighted by Crippen LogP contribution is -2.47. The molecule has 1 aromatic carbocycles. The fraction of sp³-hybridized carbons (Fsp3) is 0.690. The summed E-state index contributed by atoms with van der Waals surface area (Å²) in [6.45, 7) is 6.62. The minimum absolute atomic E-state index is 0.226. The van der Waals surface area contributed by atoms with Crippen molar-refractivity contribution in [3.8, 4) is 0 Å². The molecule has 192 valence electrons. The molecule has 0 unspecified atom stereocenters. The van der Waals surface area contributed by atoms with Crippen molar-refractivity contribution < 1.29 is 19.4 Å². The van der Waals surface area contributed by atoms with Crippen LogP contribution in [-0.4, -0.2) is 40.6 Å². The zero-order valence-electron chi connectivity index (χ0n) is 21.7. The summed E-state index contributed by atoms with van der Waals surface area (Å²) in [7, 11) is 0. The van der Waals surface area contributed by atoms with Gasteiger partial charge in [-0.3, -0.25) is 4.90 Å². The molecule has 0 saturated carbocycles. The van der Waals surface area contributed by atoms with Crippen LogP contribution in [0.4, 0.5) is 4.79 Å². The summed E-state index contributed by atoms with van der Waals surface area (Å²) in [6.07, 6.45) is 17.8. The molecule has 1 aromatic rings. The van der Waals surface area contributed by atoms with Gasteiger partial charge in [0.05, 0.1) is 18.8 Å². The minimum Gasteiger partial charge on any atom is -0.444 e. The molecule has 0 radical (unpaired) electrons. The number of ether oxygens (including phenoxy) is 2. The molecule has 34 heavy (non-hydrogen) atoms. The van der Waals surface area contributed by atoms with Crippen LogP contribution in [0.2, 0.25) is 0 Å². The molecular formula is C29H47NO4. The van der Waals surface area contributed by atoms with Crippen LogP contribution in [-0.2, 0) is 16.1 Å². The Hall–Kier alpha value is -1.85. The molecule has 1 heterocycles. The lowest BCUT2D eigenvalue weighted by Gasteiger charge is -2.31. The van der Waals surface area contributed by atoms with Gasteiger partial charge < -0.3 is 14.6 Å². The van der Waals surface area contributed by atoms with Crippen molar-refractivity contribution >= 4 is 6.09 Å². The maximum absolute atomic E-state index is 12.8. The van der Waals surface area contributed by atoms with E-state index in [4.69, 9.17) is 9.47 Å². The SMILES string of the molecule is CCCCCCCCCCCCC[C@@H](O)/C=C/[C@@H]1COC(C)(C)N1C(=O)OCc1ccccc1. The van der Waals surface area contributed by atoms with E-state index in [1.54, 1.807) is 4.90 Å². The normalized spacial score (nSPS) is 18.5. The number of hydrogen-bond acceptors (Lipinski definition) is 4. The summed E-state index contributed by atoms with van der Waals surface area (Å²) in [5, 5.41) is 10.4. The number of hydrogen-bond donors (Lipinski definition) is 1. The smallest absolute Gasteiger partial charge is 0.412 e. The second kappa shape index (κ2) is 15.9. The van der Waals surface area contributed by atoms with E-state index >= 15 is 0 Å². The second-order valence-electron chi connectivity index (χ2n) is 10.0. The van der Waals surface area contributed by atoms with Crippen LogP contribution in [0, 0.1) is 0 Å². The Morgan fingerprint density at radius 2 is 1.65 bits per heavy atom. The van der Waals surface area contributed by atoms with Gasteiger partial charge in [-0.05, 0) is 25.8 Å². The zero-order chi connectivity index (χ0) is 24.7. The largest absolute Gasteiger partial charge is 0.444 e. The van der Waals surface area contributed by atoms with E-state index in [-0.39, 0.29) is 12.6 Å². The Morgan fingerprint density at radius 3 is 2.26 bits per heavy atom. The lowest BCUT2D eigenvalue weighted by atomic mass is 10.0. The van der Waals surface area contributed by atoms with Crippen LogP contribution >= 0.6 is 0 Å². The summed E-state index contributed by atoms with van der Waals surface area (Å²) in [6, 6.07) is 9.40. The number of rotatable bonds is 16. The minimum atomic E-state index is -0.746. The van der Waals surface area contributed by atoms with Gasteiger partial charge in [0.25, 0.3) is 0 Å². The number of carbonyl (C=O) groups is 1. The Bertz CT molecular complexity index is 703. The molecular weight excluding hydrogens is 426 g/mol. The molecule has 2 atom stereocenters. The predicted octanol–water partition coefficient (Wildman–Crippen LogP) is 7.38. The molecule has 0 spiro atoms. The Balaban J connectivity index is 1.65. The van der Waals surface area contributed by atoms with Crippen molar-refractivity contribution in [2.45, 2.75) is 122 Å². The summed E-state index contributed by atoms with van der Waals surface area (Å²) >= 11 is 0. The summed E-state index contributed by atoms with van der Waals surface area (Å²) in [5.41, 5.74) is 0.201. The highest BCUT2D eigenvalue weighted by atomic mass is 16.6. The third-order valence-corrected chi connectivity index (χ3v) is 6.58. The standard InChI is InChI=1S/C29H47NO4/c1-4-5-6-7-8-9-10-11-12-13-17-20-27(31)22-21-26-24-34-29(2,3)30(26)28(32)33-23-25-18-15-14-16-19-25/h14-16,18-19,21-22,26-27,31H,4-13,17,20,23-24H2,1-3H3/b22-21+/t26-,27-/m1/s1. The van der Waals surface area contributed by atoms with Crippen LogP contribution in [0.15, 0.2) is 42.5 Å². The summed E-state index contributed by atoms with van der Waals surface area (Å²) in [4.78, 5) is 14.4. The third-order valence-electron chi connectivity index (χ3n) is 6.58. The number of aliphatic hydroxyl groups is 1. The number of unbranched alkanes of at least 4 members (excludes halogenated alkanes) is 10. The average Bonchev–Trinajstić information content (AvgIpc) is 3.14. The highest BCUT2D eigenvalue weighted by Gasteiger charge is 2.43. The van der Waals surface area contributed by atoms with Crippen molar-refractivity contribution in [1.82, 2.24) is 4.90 Å². The van der Waals surface area contributed by atoms with E-state index in [1.807, 2.05) is 56.3 Å². The van der Waals surface area contributed by atoms with Crippen LogP contribution in [0.3, 0.4) is 0 Å². The quantitative estimate of drug-likeness (QED) is 0.201. The average molecular weight is 474 g/mol. The maximum atomic E-state index is 12.8. The molecule has 1 aliphatic heterocycles. The molecule has 5 heteroatoms. The van der Waals surface area contributed by atoms with E-state index in [9.17, 15) is 9.90 Å². The van der Waals surface area contributed by atoms with Crippen molar-refractivity contribution in [2.75, 3.05) is 6.61 Å². The lowest BCUT2D eigenvalue weighted by molar-refractivity contribution is -0.0480. The zero-order valence-corrected chi connectivity index (χ0v) is 21.7. The van der Waals surface area contributed by atoms with Crippen molar-refractivity contribution in [3.05, 3.63) is 48.0 Å². The molecule has 1 amide bonds. The van der Waals surface area contributed by atoms with E-state index in [2.05, 4.69) is 6.92 Å². The fourth-order valence-corrected chi connectivity index (χ4v) is 4.49. The molecule has 1 saturated heterocycles. The number of benzene rings is 1. The van der Waals surface area contributed by atoms with Gasteiger partial charge in [0.15, 0.2) is 0 Å². The molecule has 0 bridgehead atoms. The Labute approximate surface area is 207 Å². The van der Waals surface area contributed by atoms with Gasteiger partial charge >= 0.3 is 6.09 Å². The van der Waals surface area contributed by atoms with E-state index < -0.39 is 17.9 Å². The van der Waals surface area contributed by atoms with Crippen molar-refractivity contribution in [3.63, 3.8) is 0 Å². The molecule has 1 fully saturated rings. The highest BCUT2D eigenvalue weighted by Crippen LogP contribution is 2.29. The monoisotopic (exact) mass is 473 g/mol. The Kier molecular flexibility index (Phi) is 13.3. The van der Waals surface area contributed by atoms with Crippen molar-refractivity contribution in [1.29, 1.82) is 0 Å². The first-order valence-electron chi connectivity index (χ1n) is 13.4. The number of nitrogens with zero attached hydrogens (tertiary/aromatic N) is 1. The molecule has 0 aliphatic carbocycles. The predicted molar refractivity (Wildman–Crippen MR) is 139 cm³/mol. The molecule has 1 N–H and O–H groups in total. The second-order valence-corrected chi connectivity index (χ2v) is 10.0. The number of carbonyl (C=O) groups excluding carboxylic acids is 1. The first-order chi connectivity index (χ1) is 16.4. The van der Waals surface area contributed by atoms with Crippen LogP contribution in [0.1, 0.15) is 103 Å². The van der Waals surface area contributed by atoms with Gasteiger partial charge in [-0.2, -0.15) is 0 Å². The van der Waals surface area contributed by atoms with Gasteiger partial charge in [0.1, 0.15) is 12.3 Å². The van der Waals surface area contributed by atoms with Gasteiger partial charge in [0, 0.05) is 0 Å². The molecule has 1 aliphatic rings. The Morgan fingerprint density at radius 1 is 1.06 bits per heavy atom. The van der Waals surface area contributed by atoms with Crippen LogP contribution in [0.5, 0.6) is 0 Å². The molecule has 2 rings (SSSR count). The maximum Gasteiger partial charge on any atom is 0.412 e. The first kappa shape index (κ1) is 28.4. The van der Waals surface area contributed by atoms with Crippen molar-refractivity contribution in [2.24, 2.45) is 0 Å².